The fourth-order valence-corrected chi connectivity index (χ4v) is 3.25. The maximum absolute atomic E-state index is 5.88. The molecule has 1 saturated heterocycles. The lowest BCUT2D eigenvalue weighted by Gasteiger charge is -2.37. The van der Waals surface area contributed by atoms with Crippen LogP contribution in [-0.4, -0.2) is 62.1 Å². The van der Waals surface area contributed by atoms with Gasteiger partial charge in [-0.15, -0.1) is 0 Å². The van der Waals surface area contributed by atoms with Gasteiger partial charge in [-0.1, -0.05) is 12.1 Å². The molecule has 1 aromatic heterocycles. The Kier molecular flexibility index (Phi) is 5.71. The minimum absolute atomic E-state index is 0.179. The number of anilines is 2. The van der Waals surface area contributed by atoms with Gasteiger partial charge in [0.25, 0.3) is 0 Å². The monoisotopic (exact) mass is 344 g/mol. The Bertz CT molecular complexity index is 699. The summed E-state index contributed by atoms with van der Waals surface area (Å²) in [5, 5.41) is 0. The van der Waals surface area contributed by atoms with Crippen LogP contribution in [0, 0.1) is 0 Å². The van der Waals surface area contributed by atoms with Gasteiger partial charge in [-0.05, 0) is 32.9 Å². The Balaban J connectivity index is 1.97. The Hall–Kier alpha value is -1.92. The highest BCUT2D eigenvalue weighted by molar-refractivity contribution is 5.80. The van der Waals surface area contributed by atoms with Crippen molar-refractivity contribution >= 4 is 22.7 Å². The molecule has 6 heteroatoms. The standard InChI is InChI=1S/C19H28N4O2/c1-5-24-11-10-22(4)18-19(23-12-14(2)25-15(3)13-23)21-17-9-7-6-8-16(17)20-18/h6-9,14-15H,5,10-13H2,1-4H3. The predicted octanol–water partition coefficient (Wildman–Crippen LogP) is 2.72. The minimum atomic E-state index is 0.179. The van der Waals surface area contributed by atoms with Crippen LogP contribution < -0.4 is 9.80 Å². The first-order valence-electron chi connectivity index (χ1n) is 9.04. The minimum Gasteiger partial charge on any atom is -0.380 e. The highest BCUT2D eigenvalue weighted by Gasteiger charge is 2.27. The molecule has 2 atom stereocenters. The maximum Gasteiger partial charge on any atom is 0.172 e. The number of aromatic nitrogens is 2. The molecule has 2 unspecified atom stereocenters. The fraction of sp³-hybridized carbons (Fsp3) is 0.579. The van der Waals surface area contributed by atoms with E-state index >= 15 is 0 Å². The SMILES string of the molecule is CCOCCN(C)c1nc2ccccc2nc1N1CC(C)OC(C)C1. The van der Waals surface area contributed by atoms with Crippen LogP contribution in [-0.2, 0) is 9.47 Å². The molecule has 0 saturated carbocycles. The average molecular weight is 344 g/mol. The lowest BCUT2D eigenvalue weighted by Crippen LogP contribution is -2.46. The summed E-state index contributed by atoms with van der Waals surface area (Å²) >= 11 is 0. The van der Waals surface area contributed by atoms with Crippen molar-refractivity contribution in [2.24, 2.45) is 0 Å². The lowest BCUT2D eigenvalue weighted by molar-refractivity contribution is -0.00543. The van der Waals surface area contributed by atoms with Crippen molar-refractivity contribution in [2.45, 2.75) is 33.0 Å². The highest BCUT2D eigenvalue weighted by Crippen LogP contribution is 2.29. The number of nitrogens with zero attached hydrogens (tertiary/aromatic N) is 4. The second-order valence-electron chi connectivity index (χ2n) is 6.64. The van der Waals surface area contributed by atoms with Crippen LogP contribution in [0.5, 0.6) is 0 Å². The fourth-order valence-electron chi connectivity index (χ4n) is 3.25. The quantitative estimate of drug-likeness (QED) is 0.751. The lowest BCUT2D eigenvalue weighted by atomic mass is 10.2. The Labute approximate surface area is 149 Å². The van der Waals surface area contributed by atoms with Crippen molar-refractivity contribution in [3.63, 3.8) is 0 Å². The third kappa shape index (κ3) is 4.19. The van der Waals surface area contributed by atoms with Crippen LogP contribution in [0.4, 0.5) is 11.6 Å². The molecule has 6 nitrogen and oxygen atoms in total. The van der Waals surface area contributed by atoms with Gasteiger partial charge in [0.05, 0.1) is 29.8 Å². The molecule has 0 spiro atoms. The number of likely N-dealkylation sites (N-methyl/N-ethyl adjacent to an activating group) is 1. The topological polar surface area (TPSA) is 50.7 Å². The zero-order chi connectivity index (χ0) is 17.8. The molecule has 0 amide bonds. The molecule has 3 rings (SSSR count). The molecule has 1 aliphatic rings. The third-order valence-corrected chi connectivity index (χ3v) is 4.39. The molecular formula is C19H28N4O2. The first-order valence-corrected chi connectivity index (χ1v) is 9.04. The largest absolute Gasteiger partial charge is 0.380 e. The van der Waals surface area contributed by atoms with E-state index in [2.05, 4.69) is 30.7 Å². The highest BCUT2D eigenvalue weighted by atomic mass is 16.5. The number of fused-ring (bicyclic) bond motifs is 1. The third-order valence-electron chi connectivity index (χ3n) is 4.39. The first-order chi connectivity index (χ1) is 12.1. The number of benzene rings is 1. The second-order valence-corrected chi connectivity index (χ2v) is 6.64. The van der Waals surface area contributed by atoms with E-state index in [4.69, 9.17) is 19.4 Å². The average Bonchev–Trinajstić information content (AvgIpc) is 2.60. The van der Waals surface area contributed by atoms with Crippen molar-refractivity contribution in [2.75, 3.05) is 49.7 Å². The summed E-state index contributed by atoms with van der Waals surface area (Å²) in [7, 11) is 2.05. The summed E-state index contributed by atoms with van der Waals surface area (Å²) in [4.78, 5) is 14.3. The summed E-state index contributed by atoms with van der Waals surface area (Å²) in [5.41, 5.74) is 1.84. The maximum atomic E-state index is 5.88. The summed E-state index contributed by atoms with van der Waals surface area (Å²) in [6.07, 6.45) is 0.359. The first kappa shape index (κ1) is 17.9. The van der Waals surface area contributed by atoms with Gasteiger partial charge in [0.15, 0.2) is 11.6 Å². The molecule has 0 radical (unpaired) electrons. The van der Waals surface area contributed by atoms with E-state index in [9.17, 15) is 0 Å². The van der Waals surface area contributed by atoms with Gasteiger partial charge < -0.3 is 19.3 Å². The number of para-hydroxylation sites is 2. The van der Waals surface area contributed by atoms with Gasteiger partial charge in [-0.25, -0.2) is 9.97 Å². The molecule has 136 valence electrons. The molecule has 0 N–H and O–H groups in total. The van der Waals surface area contributed by atoms with Crippen molar-refractivity contribution in [1.29, 1.82) is 0 Å². The van der Waals surface area contributed by atoms with Crippen molar-refractivity contribution in [3.05, 3.63) is 24.3 Å². The molecule has 1 aliphatic heterocycles. The number of hydrogen-bond donors (Lipinski definition) is 0. The second kappa shape index (κ2) is 7.97. The predicted molar refractivity (Wildman–Crippen MR) is 102 cm³/mol. The van der Waals surface area contributed by atoms with Crippen molar-refractivity contribution < 1.29 is 9.47 Å². The summed E-state index contributed by atoms with van der Waals surface area (Å²) in [5.74, 6) is 1.83. The summed E-state index contributed by atoms with van der Waals surface area (Å²) < 4.78 is 11.4. The van der Waals surface area contributed by atoms with E-state index in [0.717, 1.165) is 48.9 Å². The van der Waals surface area contributed by atoms with E-state index in [1.807, 2.05) is 31.2 Å². The number of morpholine rings is 1. The van der Waals surface area contributed by atoms with Crippen LogP contribution in [0.25, 0.3) is 11.0 Å². The molecule has 1 aromatic carbocycles. The van der Waals surface area contributed by atoms with Crippen LogP contribution in [0.3, 0.4) is 0 Å². The zero-order valence-electron chi connectivity index (χ0n) is 15.6. The normalized spacial score (nSPS) is 20.9. The van der Waals surface area contributed by atoms with Crippen LogP contribution in [0.15, 0.2) is 24.3 Å². The molecule has 0 aliphatic carbocycles. The van der Waals surface area contributed by atoms with Gasteiger partial charge >= 0.3 is 0 Å². The van der Waals surface area contributed by atoms with E-state index in [0.29, 0.717) is 6.61 Å². The smallest absolute Gasteiger partial charge is 0.172 e. The van der Waals surface area contributed by atoms with Crippen LogP contribution in [0.2, 0.25) is 0 Å². The number of hydrogen-bond acceptors (Lipinski definition) is 6. The Morgan fingerprint density at radius 1 is 1.16 bits per heavy atom. The van der Waals surface area contributed by atoms with Gasteiger partial charge in [0.1, 0.15) is 0 Å². The molecule has 2 aromatic rings. The molecule has 2 heterocycles. The van der Waals surface area contributed by atoms with Gasteiger partial charge in [0, 0.05) is 33.3 Å². The van der Waals surface area contributed by atoms with E-state index in [1.54, 1.807) is 0 Å². The van der Waals surface area contributed by atoms with E-state index in [1.165, 1.54) is 0 Å². The van der Waals surface area contributed by atoms with E-state index < -0.39 is 0 Å². The van der Waals surface area contributed by atoms with Crippen LogP contribution >= 0.6 is 0 Å². The van der Waals surface area contributed by atoms with Crippen LogP contribution in [0.1, 0.15) is 20.8 Å². The summed E-state index contributed by atoms with van der Waals surface area (Å²) in [6, 6.07) is 8.03. The molecule has 25 heavy (non-hydrogen) atoms. The molecule has 0 bridgehead atoms. The van der Waals surface area contributed by atoms with Gasteiger partial charge in [0.2, 0.25) is 0 Å². The van der Waals surface area contributed by atoms with Crippen molar-refractivity contribution in [3.8, 4) is 0 Å². The zero-order valence-corrected chi connectivity index (χ0v) is 15.6. The summed E-state index contributed by atoms with van der Waals surface area (Å²) in [6.45, 7) is 10.1. The van der Waals surface area contributed by atoms with Gasteiger partial charge in [-0.3, -0.25) is 0 Å². The Morgan fingerprint density at radius 3 is 2.44 bits per heavy atom. The number of rotatable bonds is 6. The van der Waals surface area contributed by atoms with E-state index in [-0.39, 0.29) is 12.2 Å². The Morgan fingerprint density at radius 2 is 1.80 bits per heavy atom. The van der Waals surface area contributed by atoms with Crippen molar-refractivity contribution in [1.82, 2.24) is 9.97 Å². The molecular weight excluding hydrogens is 316 g/mol. The van der Waals surface area contributed by atoms with Gasteiger partial charge in [-0.2, -0.15) is 0 Å². The molecule has 1 fully saturated rings. The number of ether oxygens (including phenoxy) is 2.